The molecule has 126 valence electrons. The average Bonchev–Trinajstić information content (AvgIpc) is 2.62. The molecule has 0 unspecified atom stereocenters. The highest BCUT2D eigenvalue weighted by Gasteiger charge is 2.11. The minimum Gasteiger partial charge on any atom is -0.364 e. The first-order valence-corrected chi connectivity index (χ1v) is 7.81. The molecule has 0 atom stereocenters. The molecule has 0 saturated heterocycles. The summed E-state index contributed by atoms with van der Waals surface area (Å²) in [6.45, 7) is 2.67. The summed E-state index contributed by atoms with van der Waals surface area (Å²) < 4.78 is 13.6. The van der Waals surface area contributed by atoms with Gasteiger partial charge in [0, 0.05) is 6.54 Å². The van der Waals surface area contributed by atoms with Crippen LogP contribution in [0.1, 0.15) is 21.5 Å². The highest BCUT2D eigenvalue weighted by Crippen LogP contribution is 2.13. The molecule has 0 saturated carbocycles. The van der Waals surface area contributed by atoms with Crippen LogP contribution in [0, 0.1) is 12.7 Å². The Balaban J connectivity index is 1.62. The van der Waals surface area contributed by atoms with Crippen molar-refractivity contribution < 1.29 is 9.18 Å². The molecule has 1 amide bonds. The number of carbonyl (C=O) groups is 1. The molecule has 2 aromatic carbocycles. The Bertz CT molecular complexity index is 881. The molecular weight excluding hydrogens is 319 g/mol. The largest absolute Gasteiger partial charge is 0.364 e. The van der Waals surface area contributed by atoms with Crippen LogP contribution < -0.4 is 10.6 Å². The van der Waals surface area contributed by atoms with E-state index < -0.39 is 11.7 Å². The normalized spacial score (nSPS) is 10.3. The molecule has 0 aliphatic heterocycles. The highest BCUT2D eigenvalue weighted by molar-refractivity contribution is 6.03. The fourth-order valence-electron chi connectivity index (χ4n) is 2.32. The Kier molecular flexibility index (Phi) is 4.99. The van der Waals surface area contributed by atoms with Crippen LogP contribution in [0.5, 0.6) is 0 Å². The van der Waals surface area contributed by atoms with E-state index in [9.17, 15) is 9.18 Å². The second kappa shape index (κ2) is 7.53. The number of amides is 1. The van der Waals surface area contributed by atoms with Gasteiger partial charge >= 0.3 is 0 Å². The van der Waals surface area contributed by atoms with Gasteiger partial charge in [0.1, 0.15) is 11.6 Å². The molecule has 3 rings (SSSR count). The van der Waals surface area contributed by atoms with Gasteiger partial charge in [-0.05, 0) is 42.3 Å². The smallest absolute Gasteiger partial charge is 0.259 e. The lowest BCUT2D eigenvalue weighted by atomic mass is 10.1. The van der Waals surface area contributed by atoms with Crippen LogP contribution in [-0.2, 0) is 6.54 Å². The number of nitrogens with zero attached hydrogens (tertiary/aromatic N) is 2. The van der Waals surface area contributed by atoms with Gasteiger partial charge in [-0.15, -0.1) is 10.2 Å². The molecule has 5 nitrogen and oxygen atoms in total. The van der Waals surface area contributed by atoms with Crippen molar-refractivity contribution in [1.82, 2.24) is 10.2 Å². The van der Waals surface area contributed by atoms with Crippen LogP contribution in [0.15, 0.2) is 60.7 Å². The molecule has 0 fully saturated rings. The van der Waals surface area contributed by atoms with Gasteiger partial charge in [-0.3, -0.25) is 4.79 Å². The van der Waals surface area contributed by atoms with Gasteiger partial charge in [0.2, 0.25) is 0 Å². The summed E-state index contributed by atoms with van der Waals surface area (Å²) in [6.07, 6.45) is 0. The van der Waals surface area contributed by atoms with Crippen molar-refractivity contribution in [2.75, 3.05) is 10.6 Å². The number of aromatic nitrogens is 2. The second-order valence-electron chi connectivity index (χ2n) is 5.52. The molecule has 1 aromatic heterocycles. The Labute approximate surface area is 144 Å². The van der Waals surface area contributed by atoms with E-state index in [0.717, 1.165) is 0 Å². The number of aryl methyl sites for hydroxylation is 1. The lowest BCUT2D eigenvalue weighted by Gasteiger charge is -2.09. The van der Waals surface area contributed by atoms with Gasteiger partial charge in [0.05, 0.1) is 5.56 Å². The average molecular weight is 336 g/mol. The summed E-state index contributed by atoms with van der Waals surface area (Å²) >= 11 is 0. The van der Waals surface area contributed by atoms with Crippen LogP contribution in [-0.4, -0.2) is 16.1 Å². The fraction of sp³-hybridized carbons (Fsp3) is 0.105. The van der Waals surface area contributed by atoms with E-state index in [2.05, 4.69) is 20.8 Å². The van der Waals surface area contributed by atoms with Crippen LogP contribution in [0.3, 0.4) is 0 Å². The van der Waals surface area contributed by atoms with E-state index in [-0.39, 0.29) is 11.4 Å². The maximum Gasteiger partial charge on any atom is 0.259 e. The highest BCUT2D eigenvalue weighted by atomic mass is 19.1. The summed E-state index contributed by atoms with van der Waals surface area (Å²) in [4.78, 5) is 12.0. The van der Waals surface area contributed by atoms with Crippen LogP contribution in [0.2, 0.25) is 0 Å². The van der Waals surface area contributed by atoms with Gasteiger partial charge in [0.25, 0.3) is 5.91 Å². The first-order valence-electron chi connectivity index (χ1n) is 7.81. The van der Waals surface area contributed by atoms with Gasteiger partial charge in [0.15, 0.2) is 5.82 Å². The van der Waals surface area contributed by atoms with Crippen LogP contribution >= 0.6 is 0 Å². The van der Waals surface area contributed by atoms with E-state index in [0.29, 0.717) is 12.4 Å². The maximum atomic E-state index is 13.6. The molecule has 0 radical (unpaired) electrons. The molecule has 25 heavy (non-hydrogen) atoms. The van der Waals surface area contributed by atoms with Crippen LogP contribution in [0.25, 0.3) is 0 Å². The number of anilines is 2. The van der Waals surface area contributed by atoms with Crippen molar-refractivity contribution in [1.29, 1.82) is 0 Å². The number of rotatable bonds is 5. The summed E-state index contributed by atoms with van der Waals surface area (Å²) in [7, 11) is 0. The van der Waals surface area contributed by atoms with Crippen LogP contribution in [0.4, 0.5) is 16.0 Å². The molecule has 0 spiro atoms. The molecule has 6 heteroatoms. The van der Waals surface area contributed by atoms with Gasteiger partial charge in [-0.2, -0.15) is 0 Å². The molecule has 1 heterocycles. The summed E-state index contributed by atoms with van der Waals surface area (Å²) in [5.74, 6) is -0.292. The topological polar surface area (TPSA) is 66.9 Å². The van der Waals surface area contributed by atoms with E-state index in [4.69, 9.17) is 0 Å². The molecule has 0 aliphatic carbocycles. The third kappa shape index (κ3) is 4.17. The maximum absolute atomic E-state index is 13.6. The SMILES string of the molecule is Cc1ccccc1CNc1ccc(NC(=O)c2ccccc2F)nn1. The number of hydrogen-bond donors (Lipinski definition) is 2. The van der Waals surface area contributed by atoms with Crippen molar-refractivity contribution in [2.24, 2.45) is 0 Å². The van der Waals surface area contributed by atoms with Crippen molar-refractivity contribution in [3.8, 4) is 0 Å². The second-order valence-corrected chi connectivity index (χ2v) is 5.52. The molecule has 2 N–H and O–H groups in total. The van der Waals surface area contributed by atoms with E-state index in [1.54, 1.807) is 18.2 Å². The monoisotopic (exact) mass is 336 g/mol. The Morgan fingerprint density at radius 3 is 2.36 bits per heavy atom. The van der Waals surface area contributed by atoms with Crippen molar-refractivity contribution in [2.45, 2.75) is 13.5 Å². The van der Waals surface area contributed by atoms with Gasteiger partial charge in [-0.25, -0.2) is 4.39 Å². The molecule has 3 aromatic rings. The molecule has 0 aliphatic rings. The van der Waals surface area contributed by atoms with Crippen molar-refractivity contribution >= 4 is 17.5 Å². The number of carbonyl (C=O) groups excluding carboxylic acids is 1. The Morgan fingerprint density at radius 1 is 0.960 bits per heavy atom. The number of hydrogen-bond acceptors (Lipinski definition) is 4. The predicted molar refractivity (Wildman–Crippen MR) is 94.9 cm³/mol. The number of halogens is 1. The Hall–Kier alpha value is -3.28. The van der Waals surface area contributed by atoms with Gasteiger partial charge < -0.3 is 10.6 Å². The van der Waals surface area contributed by atoms with Crippen molar-refractivity contribution in [3.05, 3.63) is 83.2 Å². The summed E-state index contributed by atoms with van der Waals surface area (Å²) in [6, 6.07) is 17.2. The quantitative estimate of drug-likeness (QED) is 0.744. The standard InChI is InChI=1S/C19H17FN4O/c1-13-6-2-3-7-14(13)12-21-17-10-11-18(24-23-17)22-19(25)15-8-4-5-9-16(15)20/h2-11H,12H2,1H3,(H,21,23)(H,22,24,25). The van der Waals surface area contributed by atoms with E-state index >= 15 is 0 Å². The minimum atomic E-state index is -0.579. The summed E-state index contributed by atoms with van der Waals surface area (Å²) in [5.41, 5.74) is 2.32. The fourth-order valence-corrected chi connectivity index (χ4v) is 2.32. The predicted octanol–water partition coefficient (Wildman–Crippen LogP) is 3.79. The lowest BCUT2D eigenvalue weighted by Crippen LogP contribution is -2.15. The third-order valence-corrected chi connectivity index (χ3v) is 3.75. The first kappa shape index (κ1) is 16.6. The first-order chi connectivity index (χ1) is 12.1. The zero-order valence-electron chi connectivity index (χ0n) is 13.7. The van der Waals surface area contributed by atoms with E-state index in [1.807, 2.05) is 31.2 Å². The van der Waals surface area contributed by atoms with Gasteiger partial charge in [-0.1, -0.05) is 36.4 Å². The minimum absolute atomic E-state index is 0.0361. The lowest BCUT2D eigenvalue weighted by molar-refractivity contribution is 0.102. The summed E-state index contributed by atoms with van der Waals surface area (Å²) in [5, 5.41) is 13.7. The zero-order valence-corrected chi connectivity index (χ0v) is 13.7. The Morgan fingerprint density at radius 2 is 1.64 bits per heavy atom. The molecule has 0 bridgehead atoms. The number of benzene rings is 2. The molecular formula is C19H17FN4O. The zero-order chi connectivity index (χ0) is 17.6. The van der Waals surface area contributed by atoms with E-state index in [1.165, 1.54) is 29.3 Å². The number of nitrogens with one attached hydrogen (secondary N) is 2. The third-order valence-electron chi connectivity index (χ3n) is 3.75. The van der Waals surface area contributed by atoms with Crippen molar-refractivity contribution in [3.63, 3.8) is 0 Å².